The van der Waals surface area contributed by atoms with Crippen molar-refractivity contribution in [2.45, 2.75) is 37.3 Å². The highest BCUT2D eigenvalue weighted by Crippen LogP contribution is 2.45. The van der Waals surface area contributed by atoms with Gasteiger partial charge in [0.25, 0.3) is 11.8 Å². The van der Waals surface area contributed by atoms with Crippen LogP contribution in [0.3, 0.4) is 0 Å². The molecule has 0 aromatic heterocycles. The van der Waals surface area contributed by atoms with Crippen molar-refractivity contribution in [2.75, 3.05) is 11.9 Å². The summed E-state index contributed by atoms with van der Waals surface area (Å²) in [4.78, 5) is 25.0. The second-order valence-electron chi connectivity index (χ2n) is 7.11. The molecule has 0 spiro atoms. The molecular formula is C21H21BrN2O3. The van der Waals surface area contributed by atoms with Gasteiger partial charge in [0, 0.05) is 22.3 Å². The molecule has 1 aliphatic heterocycles. The summed E-state index contributed by atoms with van der Waals surface area (Å²) in [6, 6.07) is 15.1. The molecule has 4 rings (SSSR count). The minimum atomic E-state index is -0.394. The molecule has 2 aromatic rings. The highest BCUT2D eigenvalue weighted by atomic mass is 79.9. The van der Waals surface area contributed by atoms with Crippen LogP contribution in [-0.4, -0.2) is 24.5 Å². The number of halogens is 1. The Balaban J connectivity index is 1.44. The summed E-state index contributed by atoms with van der Waals surface area (Å²) in [7, 11) is 0. The maximum atomic E-state index is 12.8. The topological polar surface area (TPSA) is 67.4 Å². The normalized spacial score (nSPS) is 20.1. The van der Waals surface area contributed by atoms with Gasteiger partial charge in [-0.15, -0.1) is 0 Å². The first-order chi connectivity index (χ1) is 13.1. The molecule has 1 heterocycles. The lowest BCUT2D eigenvalue weighted by Crippen LogP contribution is -2.35. The van der Waals surface area contributed by atoms with E-state index in [0.29, 0.717) is 17.9 Å². The van der Waals surface area contributed by atoms with Crippen LogP contribution in [0.2, 0.25) is 0 Å². The Hall–Kier alpha value is -2.18. The molecule has 2 amide bonds. The van der Waals surface area contributed by atoms with Crippen LogP contribution in [0.1, 0.15) is 41.6 Å². The molecule has 1 saturated heterocycles. The summed E-state index contributed by atoms with van der Waals surface area (Å²) in [6.45, 7) is 0.624. The molecule has 1 unspecified atom stereocenters. The van der Waals surface area contributed by atoms with E-state index in [1.807, 2.05) is 24.3 Å². The predicted molar refractivity (Wildman–Crippen MR) is 107 cm³/mol. The lowest BCUT2D eigenvalue weighted by atomic mass is 10.0. The molecule has 1 aliphatic carbocycles. The maximum Gasteiger partial charge on any atom is 0.253 e. The molecule has 2 N–H and O–H groups in total. The van der Waals surface area contributed by atoms with Crippen molar-refractivity contribution < 1.29 is 14.3 Å². The number of benzene rings is 2. The van der Waals surface area contributed by atoms with Gasteiger partial charge in [-0.3, -0.25) is 9.59 Å². The second kappa shape index (κ2) is 7.44. The Bertz CT molecular complexity index is 856. The number of nitrogens with one attached hydrogen (secondary N) is 2. The third kappa shape index (κ3) is 4.06. The molecule has 5 nitrogen and oxygen atoms in total. The third-order valence-corrected chi connectivity index (χ3v) is 5.64. The molecule has 27 heavy (non-hydrogen) atoms. The summed E-state index contributed by atoms with van der Waals surface area (Å²) in [6.07, 6.45) is 3.10. The molecule has 2 fully saturated rings. The monoisotopic (exact) mass is 428 g/mol. The van der Waals surface area contributed by atoms with E-state index in [1.165, 1.54) is 0 Å². The van der Waals surface area contributed by atoms with Crippen molar-refractivity contribution in [1.82, 2.24) is 5.32 Å². The molecule has 0 radical (unpaired) electrons. The van der Waals surface area contributed by atoms with Gasteiger partial charge in [-0.25, -0.2) is 0 Å². The summed E-state index contributed by atoms with van der Waals surface area (Å²) >= 11 is 3.44. The van der Waals surface area contributed by atoms with Gasteiger partial charge in [0.1, 0.15) is 6.10 Å². The first-order valence-electron chi connectivity index (χ1n) is 9.17. The summed E-state index contributed by atoms with van der Waals surface area (Å²) in [5.74, 6) is -0.290. The van der Waals surface area contributed by atoms with E-state index in [0.717, 1.165) is 35.7 Å². The largest absolute Gasteiger partial charge is 0.368 e. The lowest BCUT2D eigenvalue weighted by molar-refractivity contribution is -0.124. The first-order valence-corrected chi connectivity index (χ1v) is 9.96. The zero-order chi connectivity index (χ0) is 18.9. The quantitative estimate of drug-likeness (QED) is 0.756. The minimum absolute atomic E-state index is 0.136. The number of hydrogen-bond donors (Lipinski definition) is 2. The van der Waals surface area contributed by atoms with Crippen LogP contribution < -0.4 is 10.6 Å². The van der Waals surface area contributed by atoms with Gasteiger partial charge in [0.05, 0.1) is 5.54 Å². The maximum absolute atomic E-state index is 12.8. The van der Waals surface area contributed by atoms with Crippen molar-refractivity contribution >= 4 is 33.4 Å². The Morgan fingerprint density at radius 3 is 2.56 bits per heavy atom. The smallest absolute Gasteiger partial charge is 0.253 e. The Kier molecular flexibility index (Phi) is 5.02. The van der Waals surface area contributed by atoms with Gasteiger partial charge in [-0.1, -0.05) is 34.1 Å². The van der Waals surface area contributed by atoms with Crippen LogP contribution in [0, 0.1) is 0 Å². The lowest BCUT2D eigenvalue weighted by Gasteiger charge is -2.18. The van der Waals surface area contributed by atoms with Crippen LogP contribution >= 0.6 is 15.9 Å². The molecule has 2 aliphatic rings. The van der Waals surface area contributed by atoms with E-state index >= 15 is 0 Å². The van der Waals surface area contributed by atoms with Crippen LogP contribution in [0.15, 0.2) is 53.0 Å². The minimum Gasteiger partial charge on any atom is -0.368 e. The van der Waals surface area contributed by atoms with Gasteiger partial charge in [-0.05, 0) is 61.6 Å². The zero-order valence-corrected chi connectivity index (χ0v) is 16.4. The number of carbonyl (C=O) groups is 2. The molecular weight excluding hydrogens is 408 g/mol. The van der Waals surface area contributed by atoms with Crippen molar-refractivity contribution in [3.8, 4) is 0 Å². The third-order valence-electron chi connectivity index (χ3n) is 5.11. The highest BCUT2D eigenvalue weighted by molar-refractivity contribution is 9.10. The molecule has 1 saturated carbocycles. The number of anilines is 1. The van der Waals surface area contributed by atoms with E-state index in [4.69, 9.17) is 4.74 Å². The van der Waals surface area contributed by atoms with E-state index in [-0.39, 0.29) is 17.4 Å². The van der Waals surface area contributed by atoms with Gasteiger partial charge in [0.2, 0.25) is 0 Å². The van der Waals surface area contributed by atoms with Crippen LogP contribution in [0.4, 0.5) is 5.69 Å². The van der Waals surface area contributed by atoms with E-state index in [2.05, 4.69) is 26.6 Å². The summed E-state index contributed by atoms with van der Waals surface area (Å²) < 4.78 is 6.42. The van der Waals surface area contributed by atoms with Gasteiger partial charge >= 0.3 is 0 Å². The number of amides is 2. The van der Waals surface area contributed by atoms with Gasteiger partial charge in [0.15, 0.2) is 0 Å². The molecule has 0 bridgehead atoms. The predicted octanol–water partition coefficient (Wildman–Crippen LogP) is 3.99. The summed E-state index contributed by atoms with van der Waals surface area (Å²) in [5.41, 5.74) is 1.97. The second-order valence-corrected chi connectivity index (χ2v) is 8.03. The first kappa shape index (κ1) is 18.2. The fourth-order valence-corrected chi connectivity index (χ4v) is 3.68. The van der Waals surface area contributed by atoms with Crippen molar-refractivity contribution in [2.24, 2.45) is 0 Å². The highest BCUT2D eigenvalue weighted by Gasteiger charge is 2.45. The van der Waals surface area contributed by atoms with Gasteiger partial charge in [-0.2, -0.15) is 0 Å². The average molecular weight is 429 g/mol. The van der Waals surface area contributed by atoms with Crippen LogP contribution in [-0.2, 0) is 15.1 Å². The Labute approximate surface area is 166 Å². The van der Waals surface area contributed by atoms with Crippen molar-refractivity contribution in [3.05, 3.63) is 64.1 Å². The number of ether oxygens (including phenoxy) is 1. The van der Waals surface area contributed by atoms with Crippen LogP contribution in [0.25, 0.3) is 0 Å². The number of rotatable bonds is 5. The SMILES string of the molecule is O=C(NC1(c2ccc(Br)cc2)CC1)c1cccc(NC(=O)C2CCCO2)c1. The average Bonchev–Trinajstić information content (AvgIpc) is 3.23. The molecule has 1 atom stereocenters. The fraction of sp³-hybridized carbons (Fsp3) is 0.333. The fourth-order valence-electron chi connectivity index (χ4n) is 3.41. The van der Waals surface area contributed by atoms with Crippen molar-refractivity contribution in [1.29, 1.82) is 0 Å². The van der Waals surface area contributed by atoms with E-state index in [9.17, 15) is 9.59 Å². The van der Waals surface area contributed by atoms with Gasteiger partial charge < -0.3 is 15.4 Å². The summed E-state index contributed by atoms with van der Waals surface area (Å²) in [5, 5.41) is 6.01. The van der Waals surface area contributed by atoms with E-state index < -0.39 is 6.10 Å². The zero-order valence-electron chi connectivity index (χ0n) is 14.8. The van der Waals surface area contributed by atoms with Crippen molar-refractivity contribution in [3.63, 3.8) is 0 Å². The number of hydrogen-bond acceptors (Lipinski definition) is 3. The Morgan fingerprint density at radius 2 is 1.89 bits per heavy atom. The standard InChI is InChI=1S/C21H21BrN2O3/c22-16-8-6-15(7-9-16)21(10-11-21)24-19(25)14-3-1-4-17(13-14)23-20(26)18-5-2-12-27-18/h1,3-4,6-9,13,18H,2,5,10-12H2,(H,23,26)(H,24,25). The molecule has 2 aromatic carbocycles. The number of carbonyl (C=O) groups excluding carboxylic acids is 2. The van der Waals surface area contributed by atoms with E-state index in [1.54, 1.807) is 24.3 Å². The molecule has 6 heteroatoms. The van der Waals surface area contributed by atoms with Crippen LogP contribution in [0.5, 0.6) is 0 Å². The molecule has 140 valence electrons. The Morgan fingerprint density at radius 1 is 1.11 bits per heavy atom.